The van der Waals surface area contributed by atoms with Crippen LogP contribution < -0.4 is 15.5 Å². The molecule has 250 valence electrons. The van der Waals surface area contributed by atoms with Gasteiger partial charge in [0.05, 0.1) is 7.11 Å². The number of methoxy groups -OCH3 is 1. The SMILES string of the molecule is COc1cc(CCC(=O)[C@H](O)C(=O)CCCCCCC2CCCCC2)cc([C@@H](c2ccnc(N)c2)[C@H](CO)Cc2ccc[n-]2)c1O. The Labute approximate surface area is 272 Å². The molecule has 5 N–H and O–H groups in total. The number of carbonyl (C=O) groups excluding carboxylic acids is 2. The molecule has 0 bridgehead atoms. The van der Waals surface area contributed by atoms with Crippen molar-refractivity contribution in [2.24, 2.45) is 11.8 Å². The number of Topliss-reactive ketones (excluding diaryl/α,β-unsaturated/α-hetero) is 2. The van der Waals surface area contributed by atoms with Gasteiger partial charge in [0.15, 0.2) is 29.2 Å². The standard InChI is InChI=1S/C37H50N3O6/c1-46-33-21-26(15-16-32(43)37(45)31(42)14-8-3-2-5-10-25-11-6-4-7-12-25)20-30(36(33)44)35(27-17-19-40-34(38)23-27)28(24-41)22-29-13-9-18-39-29/h9,13,17-21,23,25,28,35,37,41,44-45H,2-8,10-12,14-16,22,24H2,1H3,(H2,38,40)/q-1/t28-,35-,37+/m0/s1. The number of pyridine rings is 1. The van der Waals surface area contributed by atoms with Crippen LogP contribution in [0.5, 0.6) is 11.5 Å². The quantitative estimate of drug-likeness (QED) is 0.0965. The highest BCUT2D eigenvalue weighted by Crippen LogP contribution is 2.43. The van der Waals surface area contributed by atoms with Crippen molar-refractivity contribution in [3.05, 3.63) is 71.2 Å². The molecule has 9 heteroatoms. The van der Waals surface area contributed by atoms with Crippen molar-refractivity contribution in [1.82, 2.24) is 9.97 Å². The molecule has 0 aliphatic heterocycles. The second-order valence-electron chi connectivity index (χ2n) is 12.8. The maximum atomic E-state index is 12.9. The summed E-state index contributed by atoms with van der Waals surface area (Å²) in [7, 11) is 1.45. The average molecular weight is 633 g/mol. The number of aryl methyl sites for hydroxylation is 1. The predicted octanol–water partition coefficient (Wildman–Crippen LogP) is 5.67. The Morgan fingerprint density at radius 1 is 1.04 bits per heavy atom. The summed E-state index contributed by atoms with van der Waals surface area (Å²) in [5.41, 5.74) is 8.76. The first-order valence-electron chi connectivity index (χ1n) is 16.8. The predicted molar refractivity (Wildman–Crippen MR) is 178 cm³/mol. The van der Waals surface area contributed by atoms with E-state index in [2.05, 4.69) is 9.97 Å². The van der Waals surface area contributed by atoms with Crippen molar-refractivity contribution in [1.29, 1.82) is 0 Å². The lowest BCUT2D eigenvalue weighted by atomic mass is 9.78. The third-order valence-corrected chi connectivity index (χ3v) is 9.46. The average Bonchev–Trinajstić information content (AvgIpc) is 3.59. The number of hydrogen-bond acceptors (Lipinski definition) is 8. The van der Waals surface area contributed by atoms with Gasteiger partial charge >= 0.3 is 0 Å². The van der Waals surface area contributed by atoms with Crippen molar-refractivity contribution in [2.75, 3.05) is 19.5 Å². The molecule has 2 heterocycles. The molecule has 3 aromatic rings. The minimum Gasteiger partial charge on any atom is -0.668 e. The number of carbonyl (C=O) groups is 2. The van der Waals surface area contributed by atoms with Crippen LogP contribution in [0.15, 0.2) is 48.8 Å². The summed E-state index contributed by atoms with van der Waals surface area (Å²) >= 11 is 0. The number of nitrogens with two attached hydrogens (primary N) is 1. The van der Waals surface area contributed by atoms with Gasteiger partial charge in [-0.05, 0) is 60.4 Å². The zero-order chi connectivity index (χ0) is 32.9. The molecule has 0 spiro atoms. The number of hydrogen-bond donors (Lipinski definition) is 4. The van der Waals surface area contributed by atoms with Gasteiger partial charge in [-0.1, -0.05) is 76.0 Å². The van der Waals surface area contributed by atoms with Crippen LogP contribution in [-0.2, 0) is 22.4 Å². The number of nitrogen functional groups attached to an aromatic ring is 1. The lowest BCUT2D eigenvalue weighted by molar-refractivity contribution is -0.138. The third-order valence-electron chi connectivity index (χ3n) is 9.46. The van der Waals surface area contributed by atoms with Gasteiger partial charge in [0.1, 0.15) is 5.82 Å². The fourth-order valence-corrected chi connectivity index (χ4v) is 6.89. The Bertz CT molecular complexity index is 1390. The Morgan fingerprint density at radius 2 is 1.80 bits per heavy atom. The Hall–Kier alpha value is -3.69. The number of benzene rings is 1. The summed E-state index contributed by atoms with van der Waals surface area (Å²) in [6.07, 6.45) is 14.4. The van der Waals surface area contributed by atoms with Crippen LogP contribution in [-0.4, -0.2) is 51.7 Å². The number of aromatic nitrogens is 2. The third kappa shape index (κ3) is 9.90. The van der Waals surface area contributed by atoms with Gasteiger partial charge in [-0.3, -0.25) is 9.59 Å². The van der Waals surface area contributed by atoms with Crippen LogP contribution in [0.4, 0.5) is 5.82 Å². The summed E-state index contributed by atoms with van der Waals surface area (Å²) < 4.78 is 5.50. The molecule has 4 rings (SSSR count). The first kappa shape index (κ1) is 35.2. The van der Waals surface area contributed by atoms with Crippen molar-refractivity contribution < 1.29 is 29.6 Å². The molecule has 1 aromatic carbocycles. The Morgan fingerprint density at radius 3 is 2.50 bits per heavy atom. The number of ketones is 2. The van der Waals surface area contributed by atoms with E-state index in [1.165, 1.54) is 52.1 Å². The van der Waals surface area contributed by atoms with Gasteiger partial charge in [-0.2, -0.15) is 11.9 Å². The molecule has 1 aliphatic carbocycles. The minimum absolute atomic E-state index is 0.0462. The van der Waals surface area contributed by atoms with Gasteiger partial charge in [0, 0.05) is 37.1 Å². The van der Waals surface area contributed by atoms with E-state index in [9.17, 15) is 24.9 Å². The van der Waals surface area contributed by atoms with Crippen LogP contribution in [0.2, 0.25) is 0 Å². The molecule has 2 aromatic heterocycles. The molecule has 3 atom stereocenters. The van der Waals surface area contributed by atoms with Gasteiger partial charge in [-0.15, -0.1) is 0 Å². The smallest absolute Gasteiger partial charge is 0.170 e. The number of unbranched alkanes of at least 4 members (excludes halogenated alkanes) is 3. The van der Waals surface area contributed by atoms with Crippen LogP contribution in [0.25, 0.3) is 0 Å². The number of aromatic hydroxyl groups is 1. The number of phenolic OH excluding ortho intramolecular Hbond substituents is 1. The van der Waals surface area contributed by atoms with Crippen molar-refractivity contribution in [3.63, 3.8) is 0 Å². The van der Waals surface area contributed by atoms with Crippen LogP contribution in [0.3, 0.4) is 0 Å². The zero-order valence-corrected chi connectivity index (χ0v) is 27.1. The molecule has 1 aliphatic rings. The van der Waals surface area contributed by atoms with Gasteiger partial charge in [-0.25, -0.2) is 4.98 Å². The molecule has 9 nitrogen and oxygen atoms in total. The molecular formula is C37H50N3O6-. The molecule has 0 saturated heterocycles. The van der Waals surface area contributed by atoms with E-state index in [4.69, 9.17) is 10.5 Å². The van der Waals surface area contributed by atoms with E-state index < -0.39 is 23.6 Å². The monoisotopic (exact) mass is 632 g/mol. The van der Waals surface area contributed by atoms with Gasteiger partial charge in [0.2, 0.25) is 0 Å². The minimum atomic E-state index is -1.64. The van der Waals surface area contributed by atoms with Crippen LogP contribution in [0, 0.1) is 11.8 Å². The second-order valence-corrected chi connectivity index (χ2v) is 12.8. The maximum Gasteiger partial charge on any atom is 0.170 e. The molecule has 46 heavy (non-hydrogen) atoms. The topological polar surface area (TPSA) is 157 Å². The normalized spacial score (nSPS) is 15.7. The van der Waals surface area contributed by atoms with E-state index in [-0.39, 0.29) is 43.3 Å². The molecule has 0 radical (unpaired) electrons. The van der Waals surface area contributed by atoms with Gasteiger partial charge < -0.3 is 30.8 Å². The highest BCUT2D eigenvalue weighted by atomic mass is 16.5. The Balaban J connectivity index is 1.40. The summed E-state index contributed by atoms with van der Waals surface area (Å²) in [6, 6.07) is 10.7. The number of phenols is 1. The summed E-state index contributed by atoms with van der Waals surface area (Å²) in [5.74, 6) is -0.539. The van der Waals surface area contributed by atoms with Crippen LogP contribution in [0.1, 0.15) is 105 Å². The molecule has 0 amide bonds. The summed E-state index contributed by atoms with van der Waals surface area (Å²) in [4.78, 5) is 34.0. The first-order valence-corrected chi connectivity index (χ1v) is 16.8. The number of rotatable bonds is 19. The number of ether oxygens (including phenoxy) is 1. The molecular weight excluding hydrogens is 582 g/mol. The van der Waals surface area contributed by atoms with Gasteiger partial charge in [0.25, 0.3) is 0 Å². The first-order chi connectivity index (χ1) is 22.3. The molecule has 1 saturated carbocycles. The maximum absolute atomic E-state index is 12.9. The second kappa shape index (κ2) is 17.9. The largest absolute Gasteiger partial charge is 0.668 e. The summed E-state index contributed by atoms with van der Waals surface area (Å²) in [5, 5.41) is 32.3. The number of anilines is 1. The van der Waals surface area contributed by atoms with Crippen molar-refractivity contribution >= 4 is 17.4 Å². The zero-order valence-electron chi connectivity index (χ0n) is 27.1. The fourth-order valence-electron chi connectivity index (χ4n) is 6.89. The Kier molecular flexibility index (Phi) is 13.7. The highest BCUT2D eigenvalue weighted by molar-refractivity contribution is 6.05. The highest BCUT2D eigenvalue weighted by Gasteiger charge is 2.29. The summed E-state index contributed by atoms with van der Waals surface area (Å²) in [6.45, 7) is -0.195. The lowest BCUT2D eigenvalue weighted by Gasteiger charge is -2.29. The number of aliphatic hydroxyl groups excluding tert-OH is 2. The molecule has 1 fully saturated rings. The molecule has 0 unspecified atom stereocenters. The fraction of sp³-hybridized carbons (Fsp3) is 0.541. The van der Waals surface area contributed by atoms with E-state index in [0.29, 0.717) is 29.8 Å². The van der Waals surface area contributed by atoms with Crippen LogP contribution >= 0.6 is 0 Å². The van der Waals surface area contributed by atoms with Crippen molar-refractivity contribution in [3.8, 4) is 11.5 Å². The van der Waals surface area contributed by atoms with E-state index >= 15 is 0 Å². The number of aliphatic hydroxyl groups is 2. The van der Waals surface area contributed by atoms with Crippen molar-refractivity contribution in [2.45, 2.75) is 102 Å². The lowest BCUT2D eigenvalue weighted by Crippen LogP contribution is -2.30. The van der Waals surface area contributed by atoms with E-state index in [1.54, 1.807) is 36.7 Å². The number of nitrogens with zero attached hydrogens (tertiary/aromatic N) is 2. The van der Waals surface area contributed by atoms with E-state index in [0.717, 1.165) is 30.0 Å². The van der Waals surface area contributed by atoms with E-state index in [1.807, 2.05) is 12.1 Å².